The van der Waals surface area contributed by atoms with Crippen molar-refractivity contribution in [1.29, 1.82) is 0 Å². The Kier molecular flexibility index (Phi) is 5.52. The molecule has 0 spiro atoms. The van der Waals surface area contributed by atoms with E-state index in [1.807, 2.05) is 0 Å². The van der Waals surface area contributed by atoms with Gasteiger partial charge in [-0.2, -0.15) is 0 Å². The first-order valence-corrected chi connectivity index (χ1v) is 11.0. The van der Waals surface area contributed by atoms with E-state index in [-0.39, 0.29) is 44.4 Å². The van der Waals surface area contributed by atoms with E-state index in [1.165, 1.54) is 26.2 Å². The van der Waals surface area contributed by atoms with Crippen LogP contribution in [0.5, 0.6) is 11.5 Å². The molecule has 0 unspecified atom stereocenters. The molecule has 0 fully saturated rings. The highest BCUT2D eigenvalue weighted by Crippen LogP contribution is 2.31. The molecule has 2 aromatic heterocycles. The highest BCUT2D eigenvalue weighted by molar-refractivity contribution is 7.92. The number of anilines is 2. The molecule has 0 radical (unpaired) electrons. The molecule has 0 saturated carbocycles. The van der Waals surface area contributed by atoms with Gasteiger partial charge in [0.1, 0.15) is 22.6 Å². The average Bonchev–Trinajstić information content (AvgIpc) is 3.12. The Hall–Kier alpha value is -4.32. The maximum atomic E-state index is 12.9. The van der Waals surface area contributed by atoms with Gasteiger partial charge in [0.25, 0.3) is 21.5 Å². The fraction of sp³-hybridized carbons (Fsp3) is 0.0952. The molecule has 4 rings (SSSR count). The van der Waals surface area contributed by atoms with Gasteiger partial charge in [-0.3, -0.25) is 14.3 Å². The van der Waals surface area contributed by atoms with Gasteiger partial charge in [0.2, 0.25) is 5.71 Å². The Morgan fingerprint density at radius 2 is 1.94 bits per heavy atom. The first kappa shape index (κ1) is 21.9. The number of phenolic OH excluding ortho intramolecular Hbond substituents is 1. The Morgan fingerprint density at radius 3 is 2.70 bits per heavy atom. The summed E-state index contributed by atoms with van der Waals surface area (Å²) in [5.41, 5.74) is -0.659. The molecule has 0 aliphatic carbocycles. The lowest BCUT2D eigenvalue weighted by molar-refractivity contribution is 0.102. The summed E-state index contributed by atoms with van der Waals surface area (Å²) in [6.07, 6.45) is 1.14. The number of aromatic nitrogens is 2. The van der Waals surface area contributed by atoms with E-state index in [4.69, 9.17) is 9.15 Å². The van der Waals surface area contributed by atoms with Gasteiger partial charge in [0, 0.05) is 0 Å². The minimum atomic E-state index is -4.10. The first-order valence-electron chi connectivity index (χ1n) is 9.48. The van der Waals surface area contributed by atoms with Crippen LogP contribution in [0.2, 0.25) is 0 Å². The highest BCUT2D eigenvalue weighted by atomic mass is 32.2. The van der Waals surface area contributed by atoms with E-state index < -0.39 is 21.5 Å². The maximum absolute atomic E-state index is 12.9. The van der Waals surface area contributed by atoms with Gasteiger partial charge in [0.05, 0.1) is 35.3 Å². The SMILES string of the molecule is COc1ccccc1NS(=O)(=O)c1ccc(O)c(NC(=O)c2c(C)oc3nc[nH]c(=O)c23)c1. The van der Waals surface area contributed by atoms with Crippen molar-refractivity contribution in [2.24, 2.45) is 0 Å². The third kappa shape index (κ3) is 4.11. The number of ether oxygens (including phenoxy) is 1. The molecule has 4 N–H and O–H groups in total. The number of hydrogen-bond acceptors (Lipinski definition) is 8. The molecule has 0 saturated heterocycles. The van der Waals surface area contributed by atoms with E-state index >= 15 is 0 Å². The molecular weight excluding hydrogens is 452 g/mol. The van der Waals surface area contributed by atoms with Crippen LogP contribution in [0.15, 0.2) is 62.9 Å². The predicted octanol–water partition coefficient (Wildman–Crippen LogP) is 2.59. The van der Waals surface area contributed by atoms with Crippen molar-refractivity contribution >= 4 is 38.4 Å². The number of nitrogens with zero attached hydrogens (tertiary/aromatic N) is 1. The van der Waals surface area contributed by atoms with Gasteiger partial charge in [-0.15, -0.1) is 0 Å². The minimum Gasteiger partial charge on any atom is -0.506 e. The van der Waals surface area contributed by atoms with Crippen LogP contribution < -0.4 is 20.3 Å². The summed E-state index contributed by atoms with van der Waals surface area (Å²) in [7, 11) is -2.69. The van der Waals surface area contributed by atoms with Crippen molar-refractivity contribution < 1.29 is 27.5 Å². The summed E-state index contributed by atoms with van der Waals surface area (Å²) < 4.78 is 38.7. The second kappa shape index (κ2) is 8.31. The van der Waals surface area contributed by atoms with Crippen LogP contribution in [0.3, 0.4) is 0 Å². The zero-order chi connectivity index (χ0) is 23.8. The molecule has 2 heterocycles. The summed E-state index contributed by atoms with van der Waals surface area (Å²) in [5.74, 6) is -0.716. The number of H-pyrrole nitrogens is 1. The Morgan fingerprint density at radius 1 is 1.18 bits per heavy atom. The number of phenols is 1. The van der Waals surface area contributed by atoms with Gasteiger partial charge in [-0.05, 0) is 37.3 Å². The number of furan rings is 1. The van der Waals surface area contributed by atoms with Gasteiger partial charge in [-0.1, -0.05) is 12.1 Å². The van der Waals surface area contributed by atoms with Crippen LogP contribution in [0.4, 0.5) is 11.4 Å². The van der Waals surface area contributed by atoms with Crippen molar-refractivity contribution in [2.45, 2.75) is 11.8 Å². The number of nitrogens with one attached hydrogen (secondary N) is 3. The Balaban J connectivity index is 1.68. The molecule has 2 aromatic carbocycles. The van der Waals surface area contributed by atoms with Crippen LogP contribution in [0.25, 0.3) is 11.1 Å². The van der Waals surface area contributed by atoms with Gasteiger partial charge in [0.15, 0.2) is 0 Å². The molecule has 4 aromatic rings. The standard InChI is InChI=1S/C21H18N4O7S/c1-11-17(18-19(27)22-10-23-21(18)32-11)20(28)24-14-9-12(7-8-15(14)26)33(29,30)25-13-5-3-4-6-16(13)31-2/h3-10,25-26H,1-2H3,(H,24,28)(H,22,23,27). The van der Waals surface area contributed by atoms with E-state index in [1.54, 1.807) is 18.2 Å². The topological polar surface area (TPSA) is 164 Å². The molecule has 12 heteroatoms. The zero-order valence-electron chi connectivity index (χ0n) is 17.4. The lowest BCUT2D eigenvalue weighted by Gasteiger charge is -2.13. The number of fused-ring (bicyclic) bond motifs is 1. The Labute approximate surface area is 187 Å². The normalized spacial score (nSPS) is 11.3. The predicted molar refractivity (Wildman–Crippen MR) is 119 cm³/mol. The molecule has 170 valence electrons. The second-order valence-corrected chi connectivity index (χ2v) is 8.57. The number of hydrogen-bond donors (Lipinski definition) is 4. The summed E-state index contributed by atoms with van der Waals surface area (Å²) in [6, 6.07) is 9.83. The summed E-state index contributed by atoms with van der Waals surface area (Å²) in [4.78, 5) is 31.1. The molecule has 11 nitrogen and oxygen atoms in total. The van der Waals surface area contributed by atoms with E-state index in [0.29, 0.717) is 5.75 Å². The summed E-state index contributed by atoms with van der Waals surface area (Å²) in [5, 5.41) is 12.6. The number of para-hydroxylation sites is 2. The molecule has 1 amide bonds. The van der Waals surface area contributed by atoms with E-state index in [0.717, 1.165) is 18.5 Å². The second-order valence-electron chi connectivity index (χ2n) is 6.88. The number of amides is 1. The molecule has 0 atom stereocenters. The van der Waals surface area contributed by atoms with Crippen LogP contribution >= 0.6 is 0 Å². The molecule has 0 aliphatic rings. The number of sulfonamides is 1. The average molecular weight is 470 g/mol. The fourth-order valence-corrected chi connectivity index (χ4v) is 4.32. The van der Waals surface area contributed by atoms with Crippen LogP contribution in [-0.4, -0.2) is 36.5 Å². The lowest BCUT2D eigenvalue weighted by Crippen LogP contribution is -2.17. The monoisotopic (exact) mass is 470 g/mol. The van der Waals surface area contributed by atoms with Crippen LogP contribution in [-0.2, 0) is 10.0 Å². The number of carbonyl (C=O) groups is 1. The van der Waals surface area contributed by atoms with Crippen molar-refractivity contribution in [2.75, 3.05) is 17.1 Å². The first-order chi connectivity index (χ1) is 15.7. The minimum absolute atomic E-state index is 0.0250. The number of aryl methyl sites for hydroxylation is 1. The third-order valence-electron chi connectivity index (χ3n) is 4.78. The summed E-state index contributed by atoms with van der Waals surface area (Å²) >= 11 is 0. The molecule has 0 aliphatic heterocycles. The van der Waals surface area contributed by atoms with Crippen molar-refractivity contribution in [3.05, 3.63) is 70.5 Å². The number of methoxy groups -OCH3 is 1. The van der Waals surface area contributed by atoms with Crippen molar-refractivity contribution in [3.63, 3.8) is 0 Å². The number of rotatable bonds is 6. The summed E-state index contributed by atoms with van der Waals surface area (Å²) in [6.45, 7) is 1.48. The largest absolute Gasteiger partial charge is 0.506 e. The Bertz CT molecular complexity index is 1540. The fourth-order valence-electron chi connectivity index (χ4n) is 3.23. The van der Waals surface area contributed by atoms with E-state index in [2.05, 4.69) is 20.0 Å². The quantitative estimate of drug-likeness (QED) is 0.312. The number of benzene rings is 2. The number of aromatic hydroxyl groups is 1. The number of aromatic amines is 1. The van der Waals surface area contributed by atoms with Crippen LogP contribution in [0.1, 0.15) is 16.1 Å². The maximum Gasteiger partial charge on any atom is 0.262 e. The molecule has 0 bridgehead atoms. The molecular formula is C21H18N4O7S. The van der Waals surface area contributed by atoms with Crippen LogP contribution in [0, 0.1) is 6.92 Å². The van der Waals surface area contributed by atoms with Gasteiger partial charge in [-0.25, -0.2) is 13.4 Å². The number of carbonyl (C=O) groups excluding carboxylic acids is 1. The van der Waals surface area contributed by atoms with E-state index in [9.17, 15) is 23.1 Å². The smallest absolute Gasteiger partial charge is 0.262 e. The van der Waals surface area contributed by atoms with Crippen molar-refractivity contribution in [3.8, 4) is 11.5 Å². The zero-order valence-corrected chi connectivity index (χ0v) is 18.2. The van der Waals surface area contributed by atoms with Crippen molar-refractivity contribution in [1.82, 2.24) is 9.97 Å². The lowest BCUT2D eigenvalue weighted by atomic mass is 10.1. The third-order valence-corrected chi connectivity index (χ3v) is 6.14. The van der Waals surface area contributed by atoms with Gasteiger partial charge >= 0.3 is 0 Å². The molecule has 33 heavy (non-hydrogen) atoms. The van der Waals surface area contributed by atoms with Gasteiger partial charge < -0.3 is 24.6 Å². The highest BCUT2D eigenvalue weighted by Gasteiger charge is 2.24.